The topological polar surface area (TPSA) is 47.5 Å². The van der Waals surface area contributed by atoms with Gasteiger partial charge in [0.2, 0.25) is 0 Å². The van der Waals surface area contributed by atoms with Crippen molar-refractivity contribution in [2.75, 3.05) is 37.8 Å². The van der Waals surface area contributed by atoms with Gasteiger partial charge < -0.3 is 14.4 Å². The van der Waals surface area contributed by atoms with Gasteiger partial charge in [-0.2, -0.15) is 5.10 Å². The summed E-state index contributed by atoms with van der Waals surface area (Å²) < 4.78 is 34.3. The Bertz CT molecular complexity index is 359. The maximum absolute atomic E-state index is 12.1. The van der Waals surface area contributed by atoms with Crippen molar-refractivity contribution < 1.29 is 18.3 Å². The third kappa shape index (κ3) is 3.23. The average molecular weight is 245 g/mol. The molecule has 1 aliphatic rings. The van der Waals surface area contributed by atoms with Crippen LogP contribution >= 0.6 is 0 Å². The van der Waals surface area contributed by atoms with Crippen molar-refractivity contribution >= 4 is 5.69 Å². The summed E-state index contributed by atoms with van der Waals surface area (Å²) in [5.41, 5.74) is 0.684. The van der Waals surface area contributed by atoms with Crippen LogP contribution in [0.1, 0.15) is 0 Å². The summed E-state index contributed by atoms with van der Waals surface area (Å²) in [6.07, 6.45) is -1.01. The van der Waals surface area contributed by atoms with Crippen molar-refractivity contribution in [2.24, 2.45) is 0 Å². The molecular formula is C10H13F2N3O2. The second-order valence-electron chi connectivity index (χ2n) is 3.52. The lowest BCUT2D eigenvalue weighted by atomic mass is 10.3. The molecule has 0 atom stereocenters. The van der Waals surface area contributed by atoms with Crippen molar-refractivity contribution in [1.82, 2.24) is 10.2 Å². The van der Waals surface area contributed by atoms with E-state index >= 15 is 0 Å². The number of hydrogen-bond donors (Lipinski definition) is 0. The van der Waals surface area contributed by atoms with Crippen LogP contribution in [0, 0.1) is 0 Å². The highest BCUT2D eigenvalue weighted by molar-refractivity contribution is 5.54. The molecule has 1 aromatic heterocycles. The standard InChI is InChI=1S/C10H13F2N3O2/c11-9(12)7-17-10-8(1-2-13-14-10)15-3-5-16-6-4-15/h1-2,9H,3-7H2. The minimum atomic E-state index is -2.52. The van der Waals surface area contributed by atoms with E-state index < -0.39 is 13.0 Å². The van der Waals surface area contributed by atoms with Gasteiger partial charge in [-0.05, 0) is 6.07 Å². The van der Waals surface area contributed by atoms with E-state index in [1.165, 1.54) is 6.20 Å². The second-order valence-corrected chi connectivity index (χ2v) is 3.52. The van der Waals surface area contributed by atoms with Crippen LogP contribution in [0.15, 0.2) is 12.3 Å². The van der Waals surface area contributed by atoms with E-state index in [4.69, 9.17) is 9.47 Å². The Labute approximate surface area is 97.3 Å². The first-order chi connectivity index (χ1) is 8.27. The molecule has 2 rings (SSSR count). The molecule has 0 bridgehead atoms. The average Bonchev–Trinajstić information content (AvgIpc) is 2.38. The largest absolute Gasteiger partial charge is 0.469 e. The Morgan fingerprint density at radius 3 is 2.88 bits per heavy atom. The fourth-order valence-electron chi connectivity index (χ4n) is 1.60. The lowest BCUT2D eigenvalue weighted by molar-refractivity contribution is 0.0788. The summed E-state index contributed by atoms with van der Waals surface area (Å²) in [7, 11) is 0. The zero-order valence-corrected chi connectivity index (χ0v) is 9.18. The van der Waals surface area contributed by atoms with Gasteiger partial charge in [0, 0.05) is 13.1 Å². The van der Waals surface area contributed by atoms with Gasteiger partial charge in [0.05, 0.1) is 19.4 Å². The first-order valence-electron chi connectivity index (χ1n) is 5.32. The number of rotatable bonds is 4. The molecule has 0 spiro atoms. The maximum atomic E-state index is 12.1. The highest BCUT2D eigenvalue weighted by Crippen LogP contribution is 2.25. The van der Waals surface area contributed by atoms with E-state index in [1.807, 2.05) is 4.90 Å². The number of morpholine rings is 1. The molecule has 0 unspecified atom stereocenters. The van der Waals surface area contributed by atoms with Gasteiger partial charge in [0.25, 0.3) is 12.3 Å². The summed E-state index contributed by atoms with van der Waals surface area (Å²) in [5, 5.41) is 7.38. The molecule has 2 heterocycles. The molecule has 1 fully saturated rings. The molecule has 0 N–H and O–H groups in total. The zero-order chi connectivity index (χ0) is 12.1. The van der Waals surface area contributed by atoms with Gasteiger partial charge in [0.15, 0.2) is 6.61 Å². The third-order valence-electron chi connectivity index (χ3n) is 2.36. The van der Waals surface area contributed by atoms with E-state index in [1.54, 1.807) is 6.07 Å². The van der Waals surface area contributed by atoms with E-state index in [0.29, 0.717) is 32.0 Å². The van der Waals surface area contributed by atoms with E-state index in [0.717, 1.165) is 0 Å². The van der Waals surface area contributed by atoms with Crippen LogP contribution in [-0.2, 0) is 4.74 Å². The van der Waals surface area contributed by atoms with Crippen molar-refractivity contribution in [1.29, 1.82) is 0 Å². The minimum Gasteiger partial charge on any atom is -0.469 e. The van der Waals surface area contributed by atoms with Gasteiger partial charge in [-0.15, -0.1) is 5.10 Å². The van der Waals surface area contributed by atoms with Gasteiger partial charge in [-0.25, -0.2) is 8.78 Å². The van der Waals surface area contributed by atoms with Crippen molar-refractivity contribution in [3.63, 3.8) is 0 Å². The Morgan fingerprint density at radius 2 is 2.18 bits per heavy atom. The van der Waals surface area contributed by atoms with Crippen LogP contribution in [-0.4, -0.2) is 49.5 Å². The number of nitrogens with zero attached hydrogens (tertiary/aromatic N) is 3. The van der Waals surface area contributed by atoms with E-state index in [-0.39, 0.29) is 5.88 Å². The van der Waals surface area contributed by atoms with Gasteiger partial charge in [-0.1, -0.05) is 0 Å². The molecule has 0 aliphatic carbocycles. The van der Waals surface area contributed by atoms with Crippen LogP contribution in [0.4, 0.5) is 14.5 Å². The lowest BCUT2D eigenvalue weighted by Crippen LogP contribution is -2.36. The Kier molecular flexibility index (Phi) is 4.03. The lowest BCUT2D eigenvalue weighted by Gasteiger charge is -2.29. The van der Waals surface area contributed by atoms with Crippen molar-refractivity contribution in [3.05, 3.63) is 12.3 Å². The molecule has 7 heteroatoms. The molecule has 0 amide bonds. The number of halogens is 2. The normalized spacial score (nSPS) is 16.3. The third-order valence-corrected chi connectivity index (χ3v) is 2.36. The minimum absolute atomic E-state index is 0.148. The number of aromatic nitrogens is 2. The predicted molar refractivity (Wildman–Crippen MR) is 56.6 cm³/mol. The van der Waals surface area contributed by atoms with Crippen LogP contribution in [0.2, 0.25) is 0 Å². The van der Waals surface area contributed by atoms with E-state index in [9.17, 15) is 8.78 Å². The highest BCUT2D eigenvalue weighted by atomic mass is 19.3. The van der Waals surface area contributed by atoms with Gasteiger partial charge in [-0.3, -0.25) is 0 Å². The Morgan fingerprint density at radius 1 is 1.41 bits per heavy atom. The first-order valence-corrected chi connectivity index (χ1v) is 5.32. The highest BCUT2D eigenvalue weighted by Gasteiger charge is 2.17. The van der Waals surface area contributed by atoms with Gasteiger partial charge in [0.1, 0.15) is 5.69 Å². The summed E-state index contributed by atoms with van der Waals surface area (Å²) in [5.74, 6) is 0.148. The van der Waals surface area contributed by atoms with Crippen LogP contribution in [0.3, 0.4) is 0 Å². The summed E-state index contributed by atoms with van der Waals surface area (Å²) in [6, 6.07) is 1.71. The molecule has 0 radical (unpaired) electrons. The molecule has 94 valence electrons. The first kappa shape index (κ1) is 12.0. The van der Waals surface area contributed by atoms with Crippen molar-refractivity contribution in [2.45, 2.75) is 6.43 Å². The molecule has 1 aliphatic heterocycles. The van der Waals surface area contributed by atoms with Crippen LogP contribution in [0.5, 0.6) is 5.88 Å². The van der Waals surface area contributed by atoms with Gasteiger partial charge >= 0.3 is 0 Å². The molecule has 0 aromatic carbocycles. The summed E-state index contributed by atoms with van der Waals surface area (Å²) in [6.45, 7) is 1.93. The molecule has 17 heavy (non-hydrogen) atoms. The summed E-state index contributed by atoms with van der Waals surface area (Å²) >= 11 is 0. The van der Waals surface area contributed by atoms with Crippen molar-refractivity contribution in [3.8, 4) is 5.88 Å². The number of anilines is 1. The number of ether oxygens (including phenoxy) is 2. The summed E-state index contributed by atoms with van der Waals surface area (Å²) in [4.78, 5) is 1.99. The fraction of sp³-hybridized carbons (Fsp3) is 0.600. The number of hydrogen-bond acceptors (Lipinski definition) is 5. The predicted octanol–water partition coefficient (Wildman–Crippen LogP) is 0.957. The quantitative estimate of drug-likeness (QED) is 0.790. The smallest absolute Gasteiger partial charge is 0.272 e. The van der Waals surface area contributed by atoms with Crippen LogP contribution in [0.25, 0.3) is 0 Å². The molecule has 1 aromatic rings. The SMILES string of the molecule is FC(F)COc1nnccc1N1CCOCC1. The van der Waals surface area contributed by atoms with Crippen LogP contribution < -0.4 is 9.64 Å². The fourth-order valence-corrected chi connectivity index (χ4v) is 1.60. The molecule has 5 nitrogen and oxygen atoms in total. The Hall–Kier alpha value is -1.50. The number of alkyl halides is 2. The maximum Gasteiger partial charge on any atom is 0.272 e. The molecule has 0 saturated carbocycles. The molecular weight excluding hydrogens is 232 g/mol. The second kappa shape index (κ2) is 5.72. The monoisotopic (exact) mass is 245 g/mol. The van der Waals surface area contributed by atoms with E-state index in [2.05, 4.69) is 10.2 Å². The molecule has 1 saturated heterocycles. The zero-order valence-electron chi connectivity index (χ0n) is 9.18. The Balaban J connectivity index is 2.09.